The maximum atomic E-state index is 4.19. The quantitative estimate of drug-likeness (QED) is 0.393. The first kappa shape index (κ1) is 17.2. The van der Waals surface area contributed by atoms with Gasteiger partial charge in [-0.05, 0) is 59.2 Å². The van der Waals surface area contributed by atoms with Crippen LogP contribution in [-0.4, -0.2) is 6.71 Å². The second kappa shape index (κ2) is 5.40. The lowest BCUT2D eigenvalue weighted by Crippen LogP contribution is -2.39. The third-order valence-corrected chi connectivity index (χ3v) is 9.72. The highest BCUT2D eigenvalue weighted by Crippen LogP contribution is 2.75. The second-order valence-electron chi connectivity index (χ2n) is 11.4. The fourth-order valence-corrected chi connectivity index (χ4v) is 8.32. The Morgan fingerprint density at radius 3 is 1.62 bits per heavy atom. The zero-order valence-electron chi connectivity index (χ0n) is 17.0. The number of hydrogen-bond acceptors (Lipinski definition) is 0. The summed E-state index contributed by atoms with van der Waals surface area (Å²) >= 11 is 0. The zero-order valence-corrected chi connectivity index (χ0v) is 17.0. The average molecular weight is 326 g/mol. The van der Waals surface area contributed by atoms with E-state index in [4.69, 9.17) is 0 Å². The summed E-state index contributed by atoms with van der Waals surface area (Å²) in [7, 11) is 0. The van der Waals surface area contributed by atoms with Gasteiger partial charge in [-0.3, -0.25) is 0 Å². The van der Waals surface area contributed by atoms with Crippen molar-refractivity contribution in [2.45, 2.75) is 85.2 Å². The van der Waals surface area contributed by atoms with Crippen LogP contribution in [-0.2, 0) is 0 Å². The van der Waals surface area contributed by atoms with Gasteiger partial charge in [0.05, 0.1) is 0 Å². The molecule has 0 nitrogen and oxygen atoms in total. The molecule has 4 rings (SSSR count). The Morgan fingerprint density at radius 2 is 1.25 bits per heavy atom. The Labute approximate surface area is 151 Å². The molecule has 1 heteroatoms. The lowest BCUT2D eigenvalue weighted by Gasteiger charge is -2.42. The molecule has 0 amide bonds. The molecule has 2 unspecified atom stereocenters. The van der Waals surface area contributed by atoms with Crippen molar-refractivity contribution in [3.63, 3.8) is 0 Å². The summed E-state index contributed by atoms with van der Waals surface area (Å²) in [5.41, 5.74) is 1.23. The molecule has 0 heterocycles. The van der Waals surface area contributed by atoms with E-state index < -0.39 is 0 Å². The normalized spacial score (nSPS) is 50.4. The van der Waals surface area contributed by atoms with Gasteiger partial charge >= 0.3 is 0 Å². The van der Waals surface area contributed by atoms with Gasteiger partial charge in [0.2, 0.25) is 0 Å². The van der Waals surface area contributed by atoms with E-state index in [-0.39, 0.29) is 0 Å². The summed E-state index contributed by atoms with van der Waals surface area (Å²) in [6.07, 6.45) is 9.47. The SMILES string of the molecule is C=CCB(C1[C@@H](C)CC[C@@H]2[C@H]1C2(C)C)C1[C@@H](C)CC[C@@H]2[C@H]1C2(C)C. The fourth-order valence-electron chi connectivity index (χ4n) is 8.32. The molecule has 4 aliphatic carbocycles. The first-order valence-electron chi connectivity index (χ1n) is 10.8. The van der Waals surface area contributed by atoms with E-state index in [1.807, 2.05) is 0 Å². The predicted molar refractivity (Wildman–Crippen MR) is 107 cm³/mol. The summed E-state index contributed by atoms with van der Waals surface area (Å²) < 4.78 is 0. The van der Waals surface area contributed by atoms with Crippen molar-refractivity contribution in [3.8, 4) is 0 Å². The van der Waals surface area contributed by atoms with Gasteiger partial charge in [0.1, 0.15) is 0 Å². The van der Waals surface area contributed by atoms with Gasteiger partial charge in [-0.25, -0.2) is 0 Å². The Balaban J connectivity index is 1.65. The summed E-state index contributed by atoms with van der Waals surface area (Å²) in [5.74, 6) is 7.81. The van der Waals surface area contributed by atoms with E-state index >= 15 is 0 Å². The largest absolute Gasteiger partial charge is 0.151 e. The van der Waals surface area contributed by atoms with E-state index in [1.165, 1.54) is 32.0 Å². The van der Waals surface area contributed by atoms with Crippen molar-refractivity contribution in [1.29, 1.82) is 0 Å². The van der Waals surface area contributed by atoms with Crippen molar-refractivity contribution in [2.75, 3.05) is 0 Å². The summed E-state index contributed by atoms with van der Waals surface area (Å²) in [6, 6.07) is 0. The first-order valence-corrected chi connectivity index (χ1v) is 10.8. The van der Waals surface area contributed by atoms with Crippen molar-refractivity contribution >= 4 is 6.71 Å². The minimum Gasteiger partial charge on any atom is -0.104 e. The molecule has 4 saturated carbocycles. The maximum absolute atomic E-state index is 4.19. The minimum absolute atomic E-state index is 0.616. The van der Waals surface area contributed by atoms with Crippen LogP contribution in [0.1, 0.15) is 67.2 Å². The van der Waals surface area contributed by atoms with E-state index in [0.717, 1.165) is 53.9 Å². The van der Waals surface area contributed by atoms with Crippen LogP contribution in [0.15, 0.2) is 12.7 Å². The zero-order chi connectivity index (χ0) is 17.4. The van der Waals surface area contributed by atoms with Gasteiger partial charge in [0, 0.05) is 0 Å². The van der Waals surface area contributed by atoms with Gasteiger partial charge in [-0.15, -0.1) is 6.58 Å². The van der Waals surface area contributed by atoms with Crippen LogP contribution in [0.2, 0.25) is 18.0 Å². The van der Waals surface area contributed by atoms with E-state index in [9.17, 15) is 0 Å². The molecule has 0 bridgehead atoms. The van der Waals surface area contributed by atoms with Crippen LogP contribution >= 0.6 is 0 Å². The third-order valence-electron chi connectivity index (χ3n) is 9.72. The van der Waals surface area contributed by atoms with Crippen LogP contribution in [0, 0.1) is 46.3 Å². The number of hydrogen-bond donors (Lipinski definition) is 0. The van der Waals surface area contributed by atoms with Crippen molar-refractivity contribution < 1.29 is 0 Å². The molecule has 24 heavy (non-hydrogen) atoms. The molecule has 4 aliphatic rings. The molecule has 0 aromatic rings. The van der Waals surface area contributed by atoms with Crippen LogP contribution in [0.5, 0.6) is 0 Å². The molecular formula is C23H39B. The Hall–Kier alpha value is -0.195. The highest BCUT2D eigenvalue weighted by molar-refractivity contribution is 6.63. The van der Waals surface area contributed by atoms with Gasteiger partial charge in [0.25, 0.3) is 0 Å². The monoisotopic (exact) mass is 326 g/mol. The highest BCUT2D eigenvalue weighted by Gasteiger charge is 2.69. The topological polar surface area (TPSA) is 0 Å². The van der Waals surface area contributed by atoms with Gasteiger partial charge in [-0.2, -0.15) is 0 Å². The molecule has 0 radical (unpaired) electrons. The van der Waals surface area contributed by atoms with Crippen molar-refractivity contribution in [3.05, 3.63) is 12.7 Å². The Morgan fingerprint density at radius 1 is 0.833 bits per heavy atom. The molecule has 0 aromatic heterocycles. The lowest BCUT2D eigenvalue weighted by atomic mass is 9.25. The summed E-state index contributed by atoms with van der Waals surface area (Å²) in [5, 5.41) is 0. The molecule has 134 valence electrons. The number of rotatable bonds is 4. The predicted octanol–water partition coefficient (Wildman–Crippen LogP) is 6.81. The van der Waals surface area contributed by atoms with Gasteiger partial charge in [-0.1, -0.05) is 78.4 Å². The van der Waals surface area contributed by atoms with E-state index in [0.29, 0.717) is 10.8 Å². The van der Waals surface area contributed by atoms with Crippen LogP contribution in [0.3, 0.4) is 0 Å². The molecular weight excluding hydrogens is 287 g/mol. The Bertz CT molecular complexity index is 476. The van der Waals surface area contributed by atoms with Crippen molar-refractivity contribution in [2.24, 2.45) is 46.3 Å². The molecule has 8 atom stereocenters. The summed E-state index contributed by atoms with van der Waals surface area (Å²) in [6.45, 7) is 20.5. The van der Waals surface area contributed by atoms with Gasteiger partial charge in [0.15, 0.2) is 6.71 Å². The van der Waals surface area contributed by atoms with E-state index in [1.54, 1.807) is 0 Å². The molecule has 0 aromatic carbocycles. The maximum Gasteiger partial charge on any atom is 0.151 e. The standard InChI is InChI=1S/C23H39B/c1-8-13-24(20-14(2)9-11-16-18(20)22(16,4)5)21-15(3)10-12-17-19(21)23(17,6)7/h8,14-21H,1,9-13H2,2-7H3/t14-,15-,16+,17+,18+,19+,20?,21?/m0/s1. The smallest absolute Gasteiger partial charge is 0.104 e. The van der Waals surface area contributed by atoms with Crippen LogP contribution < -0.4 is 0 Å². The third kappa shape index (κ3) is 2.25. The van der Waals surface area contributed by atoms with Gasteiger partial charge < -0.3 is 0 Å². The Kier molecular flexibility index (Phi) is 3.88. The van der Waals surface area contributed by atoms with Crippen molar-refractivity contribution in [1.82, 2.24) is 0 Å². The molecule has 0 saturated heterocycles. The lowest BCUT2D eigenvalue weighted by molar-refractivity contribution is 0.326. The fraction of sp³-hybridized carbons (Fsp3) is 0.913. The number of allylic oxidation sites excluding steroid dienone is 1. The van der Waals surface area contributed by atoms with Crippen LogP contribution in [0.25, 0.3) is 0 Å². The van der Waals surface area contributed by atoms with Crippen LogP contribution in [0.4, 0.5) is 0 Å². The average Bonchev–Trinajstić information content (AvgIpc) is 3.28. The molecule has 4 fully saturated rings. The molecule has 0 N–H and O–H groups in total. The second-order valence-corrected chi connectivity index (χ2v) is 11.4. The highest BCUT2D eigenvalue weighted by atomic mass is 14.7. The van der Waals surface area contributed by atoms with E-state index in [2.05, 4.69) is 54.2 Å². The molecule has 0 aliphatic heterocycles. The number of fused-ring (bicyclic) bond motifs is 2. The minimum atomic E-state index is 0.616. The summed E-state index contributed by atoms with van der Waals surface area (Å²) in [4.78, 5) is 0. The molecule has 0 spiro atoms. The first-order chi connectivity index (χ1) is 11.2.